The number of fused-ring (bicyclic) bond motifs is 1. The summed E-state index contributed by atoms with van der Waals surface area (Å²) in [7, 11) is -3.86. The maximum Gasteiger partial charge on any atom is 0.243 e. The van der Waals surface area contributed by atoms with E-state index >= 15 is 0 Å². The van der Waals surface area contributed by atoms with Gasteiger partial charge in [0.2, 0.25) is 10.0 Å². The van der Waals surface area contributed by atoms with Crippen LogP contribution in [0.3, 0.4) is 0 Å². The third-order valence-corrected chi connectivity index (χ3v) is 5.03. The van der Waals surface area contributed by atoms with Crippen molar-refractivity contribution < 1.29 is 21.7 Å². The topological polar surface area (TPSA) is 63.4 Å². The van der Waals surface area contributed by atoms with E-state index in [1.807, 2.05) is 0 Å². The molecule has 0 radical (unpaired) electrons. The van der Waals surface area contributed by atoms with Gasteiger partial charge in [-0.15, -0.1) is 0 Å². The quantitative estimate of drug-likeness (QED) is 0.847. The zero-order chi connectivity index (χ0) is 14.3. The van der Waals surface area contributed by atoms with Crippen molar-refractivity contribution in [2.45, 2.75) is 17.9 Å². The molecule has 8 heteroatoms. The van der Waals surface area contributed by atoms with E-state index < -0.39 is 21.7 Å². The van der Waals surface area contributed by atoms with Crippen LogP contribution < -0.4 is 0 Å². The van der Waals surface area contributed by atoms with Crippen LogP contribution in [0.5, 0.6) is 0 Å². The van der Waals surface area contributed by atoms with Crippen LogP contribution in [0.4, 0.5) is 8.78 Å². The van der Waals surface area contributed by atoms with Gasteiger partial charge in [0.25, 0.3) is 0 Å². The zero-order valence-electron chi connectivity index (χ0n) is 10.2. The molecule has 3 rings (SSSR count). The van der Waals surface area contributed by atoms with Gasteiger partial charge in [0, 0.05) is 25.1 Å². The summed E-state index contributed by atoms with van der Waals surface area (Å²) in [5.74, 6) is -1.61. The maximum absolute atomic E-state index is 13.2. The smallest absolute Gasteiger partial charge is 0.243 e. The third-order valence-electron chi connectivity index (χ3n) is 3.19. The van der Waals surface area contributed by atoms with Crippen molar-refractivity contribution in [3.63, 3.8) is 0 Å². The fraction of sp³-hybridized carbons (Fsp3) is 0.250. The number of sulfonamides is 1. The van der Waals surface area contributed by atoms with Crippen LogP contribution in [-0.4, -0.2) is 24.4 Å². The Morgan fingerprint density at radius 3 is 2.80 bits per heavy atom. The molecule has 5 nitrogen and oxygen atoms in total. The highest BCUT2D eigenvalue weighted by molar-refractivity contribution is 7.89. The minimum absolute atomic E-state index is 0.111. The van der Waals surface area contributed by atoms with E-state index in [9.17, 15) is 17.2 Å². The second-order valence-electron chi connectivity index (χ2n) is 4.44. The summed E-state index contributed by atoms with van der Waals surface area (Å²) in [6.07, 6.45) is 1.86. The minimum atomic E-state index is -3.86. The van der Waals surface area contributed by atoms with E-state index in [0.717, 1.165) is 12.1 Å². The predicted octanol–water partition coefficient (Wildman–Crippen LogP) is 1.70. The Morgan fingerprint density at radius 2 is 2.05 bits per heavy atom. The van der Waals surface area contributed by atoms with Crippen molar-refractivity contribution in [1.29, 1.82) is 0 Å². The van der Waals surface area contributed by atoms with Crippen LogP contribution in [0.1, 0.15) is 11.3 Å². The molecule has 106 valence electrons. The van der Waals surface area contributed by atoms with Gasteiger partial charge in [0.15, 0.2) is 11.6 Å². The molecule has 0 fully saturated rings. The SMILES string of the molecule is O=S(=O)(c1ccc(F)c(F)c1)N1CCc2oncc2C1. The summed E-state index contributed by atoms with van der Waals surface area (Å²) in [4.78, 5) is -0.267. The van der Waals surface area contributed by atoms with Gasteiger partial charge in [-0.2, -0.15) is 4.31 Å². The largest absolute Gasteiger partial charge is 0.361 e. The van der Waals surface area contributed by atoms with Gasteiger partial charge in [-0.3, -0.25) is 0 Å². The van der Waals surface area contributed by atoms with E-state index in [0.29, 0.717) is 23.8 Å². The van der Waals surface area contributed by atoms with Crippen molar-refractivity contribution in [3.05, 3.63) is 47.4 Å². The van der Waals surface area contributed by atoms with E-state index in [2.05, 4.69) is 5.16 Å². The molecule has 0 atom stereocenters. The summed E-state index contributed by atoms with van der Waals surface area (Å²) in [6.45, 7) is 0.323. The fourth-order valence-corrected chi connectivity index (χ4v) is 3.54. The van der Waals surface area contributed by atoms with Crippen LogP contribution in [0, 0.1) is 11.6 Å². The highest BCUT2D eigenvalue weighted by atomic mass is 32.2. The normalized spacial score (nSPS) is 16.1. The molecule has 0 spiro atoms. The molecule has 1 aromatic carbocycles. The molecule has 2 aromatic rings. The molecule has 1 aliphatic heterocycles. The lowest BCUT2D eigenvalue weighted by molar-refractivity contribution is 0.331. The second kappa shape index (κ2) is 4.64. The summed E-state index contributed by atoms with van der Waals surface area (Å²) in [5, 5.41) is 3.61. The lowest BCUT2D eigenvalue weighted by atomic mass is 10.1. The number of rotatable bonds is 2. The van der Waals surface area contributed by atoms with Gasteiger partial charge in [-0.05, 0) is 18.2 Å². The van der Waals surface area contributed by atoms with Crippen molar-refractivity contribution in [2.75, 3.05) is 6.54 Å². The van der Waals surface area contributed by atoms with Crippen molar-refractivity contribution in [2.24, 2.45) is 0 Å². The van der Waals surface area contributed by atoms with Gasteiger partial charge in [-0.25, -0.2) is 17.2 Å². The van der Waals surface area contributed by atoms with Crippen molar-refractivity contribution >= 4 is 10.0 Å². The van der Waals surface area contributed by atoms with Gasteiger partial charge in [0.05, 0.1) is 11.1 Å². The molecule has 0 aliphatic carbocycles. The molecule has 0 bridgehead atoms. The van der Waals surface area contributed by atoms with Crippen LogP contribution in [0.25, 0.3) is 0 Å². The number of hydrogen-bond donors (Lipinski definition) is 0. The van der Waals surface area contributed by atoms with Gasteiger partial charge < -0.3 is 4.52 Å². The summed E-state index contributed by atoms with van der Waals surface area (Å²) >= 11 is 0. The summed E-state index contributed by atoms with van der Waals surface area (Å²) in [6, 6.07) is 2.54. The first-order valence-corrected chi connectivity index (χ1v) is 7.30. The number of nitrogens with zero attached hydrogens (tertiary/aromatic N) is 2. The molecule has 0 N–H and O–H groups in total. The number of benzene rings is 1. The molecule has 1 aromatic heterocycles. The van der Waals surface area contributed by atoms with Crippen LogP contribution in [0.2, 0.25) is 0 Å². The predicted molar refractivity (Wildman–Crippen MR) is 64.2 cm³/mol. The first-order chi connectivity index (χ1) is 9.48. The Labute approximate surface area is 113 Å². The molecule has 1 aliphatic rings. The van der Waals surface area contributed by atoms with Gasteiger partial charge in [-0.1, -0.05) is 5.16 Å². The van der Waals surface area contributed by atoms with Crippen LogP contribution in [0.15, 0.2) is 33.8 Å². The first-order valence-electron chi connectivity index (χ1n) is 5.86. The minimum Gasteiger partial charge on any atom is -0.361 e. The molecule has 0 unspecified atom stereocenters. The molecule has 0 amide bonds. The van der Waals surface area contributed by atoms with Crippen LogP contribution in [-0.2, 0) is 23.0 Å². The van der Waals surface area contributed by atoms with Crippen LogP contribution >= 0.6 is 0 Å². The Bertz CT molecular complexity index is 758. The number of hydrogen-bond acceptors (Lipinski definition) is 4. The van der Waals surface area contributed by atoms with Gasteiger partial charge in [0.1, 0.15) is 5.76 Å². The highest BCUT2D eigenvalue weighted by Crippen LogP contribution is 2.25. The Balaban J connectivity index is 1.95. The average molecular weight is 300 g/mol. The van der Waals surface area contributed by atoms with Crippen molar-refractivity contribution in [3.8, 4) is 0 Å². The summed E-state index contributed by atoms with van der Waals surface area (Å²) in [5.41, 5.74) is 0.683. The average Bonchev–Trinajstić information content (AvgIpc) is 2.89. The first kappa shape index (κ1) is 13.2. The fourth-order valence-electron chi connectivity index (χ4n) is 2.11. The molecule has 20 heavy (non-hydrogen) atoms. The van der Waals surface area contributed by atoms with E-state index in [1.165, 1.54) is 10.5 Å². The molecule has 2 heterocycles. The molecule has 0 saturated carbocycles. The molecular formula is C12H10F2N2O3S. The van der Waals surface area contributed by atoms with E-state index in [-0.39, 0.29) is 18.0 Å². The lowest BCUT2D eigenvalue weighted by Crippen LogP contribution is -2.35. The van der Waals surface area contributed by atoms with E-state index in [1.54, 1.807) is 0 Å². The highest BCUT2D eigenvalue weighted by Gasteiger charge is 2.30. The number of halogens is 2. The standard InChI is InChI=1S/C12H10F2N2O3S/c13-10-2-1-9(5-11(10)14)20(17,18)16-4-3-12-8(7-16)6-15-19-12/h1-2,5-6H,3-4,7H2. The molecule has 0 saturated heterocycles. The Morgan fingerprint density at radius 1 is 1.25 bits per heavy atom. The van der Waals surface area contributed by atoms with Crippen molar-refractivity contribution in [1.82, 2.24) is 9.46 Å². The van der Waals surface area contributed by atoms with Gasteiger partial charge >= 0.3 is 0 Å². The molecular weight excluding hydrogens is 290 g/mol. The lowest BCUT2D eigenvalue weighted by Gasteiger charge is -2.24. The Hall–Kier alpha value is -1.80. The monoisotopic (exact) mass is 300 g/mol. The second-order valence-corrected chi connectivity index (χ2v) is 6.38. The summed E-state index contributed by atoms with van der Waals surface area (Å²) < 4.78 is 57.0. The third kappa shape index (κ3) is 2.10. The van der Waals surface area contributed by atoms with E-state index in [4.69, 9.17) is 4.52 Å². The Kier molecular flexibility index (Phi) is 3.06. The zero-order valence-corrected chi connectivity index (χ0v) is 11.0. The maximum atomic E-state index is 13.2. The number of aromatic nitrogens is 1.